The van der Waals surface area contributed by atoms with Crippen molar-refractivity contribution in [1.82, 2.24) is 10.2 Å². The molecule has 2 N–H and O–H groups in total. The van der Waals surface area contributed by atoms with Gasteiger partial charge in [-0.3, -0.25) is 9.69 Å². The second-order valence-electron chi connectivity index (χ2n) is 10.2. The van der Waals surface area contributed by atoms with Gasteiger partial charge >= 0.3 is 0 Å². The van der Waals surface area contributed by atoms with Crippen LogP contribution in [0, 0.1) is 19.8 Å². The molecule has 2 aliphatic rings. The molecule has 5 nitrogen and oxygen atoms in total. The van der Waals surface area contributed by atoms with Crippen molar-refractivity contribution in [3.63, 3.8) is 0 Å². The van der Waals surface area contributed by atoms with Crippen LogP contribution in [-0.4, -0.2) is 49.6 Å². The molecule has 1 aliphatic carbocycles. The van der Waals surface area contributed by atoms with E-state index in [1.165, 1.54) is 22.4 Å². The first kappa shape index (κ1) is 24.7. The van der Waals surface area contributed by atoms with Crippen LogP contribution in [0.15, 0.2) is 42.5 Å². The molecule has 0 spiro atoms. The van der Waals surface area contributed by atoms with Crippen LogP contribution >= 0.6 is 0 Å². The van der Waals surface area contributed by atoms with Crippen LogP contribution in [0.3, 0.4) is 0 Å². The first-order valence-corrected chi connectivity index (χ1v) is 12.9. The largest absolute Gasteiger partial charge is 0.382 e. The van der Waals surface area contributed by atoms with Crippen molar-refractivity contribution in [2.24, 2.45) is 5.92 Å². The third-order valence-electron chi connectivity index (χ3n) is 7.55. The normalized spacial score (nSPS) is 23.5. The number of benzene rings is 2. The summed E-state index contributed by atoms with van der Waals surface area (Å²) in [5, 5.41) is 7.17. The average molecular weight is 462 g/mol. The Labute approximate surface area is 205 Å². The molecule has 1 aliphatic heterocycles. The van der Waals surface area contributed by atoms with E-state index in [4.69, 9.17) is 0 Å². The van der Waals surface area contributed by atoms with Crippen molar-refractivity contribution >= 4 is 17.3 Å². The molecule has 4 rings (SSSR count). The van der Waals surface area contributed by atoms with E-state index in [0.717, 1.165) is 64.0 Å². The van der Waals surface area contributed by atoms with E-state index in [1.807, 2.05) is 11.9 Å². The standard InChI is InChI=1S/C29H41N4O/c1-5-23-7-6-8-27(18-23)31-26-12-9-24(10-13-26)29(34)32(4)28-14-11-25(21(2)17-28)20-33-16-15-30-22(3)19-33/h6-8,11,14,17-18,22,24,26,30-31H,1,5,9-10,12-13,15-16,19-20H2,2-4H3/t22-,24?,26?/m0/s1. The van der Waals surface area contributed by atoms with Gasteiger partial charge in [-0.25, -0.2) is 0 Å². The maximum absolute atomic E-state index is 13.3. The molecule has 2 aromatic rings. The molecule has 183 valence electrons. The van der Waals surface area contributed by atoms with E-state index in [-0.39, 0.29) is 11.8 Å². The van der Waals surface area contributed by atoms with E-state index in [2.05, 4.69) is 78.8 Å². The third-order valence-corrected chi connectivity index (χ3v) is 7.55. The zero-order chi connectivity index (χ0) is 24.1. The lowest BCUT2D eigenvalue weighted by Gasteiger charge is -2.33. The number of piperazine rings is 1. The van der Waals surface area contributed by atoms with Gasteiger partial charge in [0.1, 0.15) is 0 Å². The summed E-state index contributed by atoms with van der Waals surface area (Å²) in [7, 11) is 1.93. The van der Waals surface area contributed by atoms with E-state index >= 15 is 0 Å². The smallest absolute Gasteiger partial charge is 0.229 e. The van der Waals surface area contributed by atoms with E-state index in [0.29, 0.717) is 12.1 Å². The number of amides is 1. The number of nitrogens with one attached hydrogen (secondary N) is 2. The fourth-order valence-corrected chi connectivity index (χ4v) is 5.40. The zero-order valence-electron chi connectivity index (χ0n) is 21.1. The van der Waals surface area contributed by atoms with Gasteiger partial charge in [-0.15, -0.1) is 0 Å². The molecule has 1 radical (unpaired) electrons. The zero-order valence-corrected chi connectivity index (χ0v) is 21.1. The average Bonchev–Trinajstić information content (AvgIpc) is 2.85. The molecule has 0 unspecified atom stereocenters. The Bertz CT molecular complexity index is 966. The Balaban J connectivity index is 1.30. The van der Waals surface area contributed by atoms with Crippen molar-refractivity contribution in [1.29, 1.82) is 0 Å². The van der Waals surface area contributed by atoms with Crippen molar-refractivity contribution in [2.75, 3.05) is 36.9 Å². The number of nitrogens with zero attached hydrogens (tertiary/aromatic N) is 2. The predicted molar refractivity (Wildman–Crippen MR) is 142 cm³/mol. The first-order chi connectivity index (χ1) is 16.4. The van der Waals surface area contributed by atoms with Crippen LogP contribution in [0.4, 0.5) is 11.4 Å². The summed E-state index contributed by atoms with van der Waals surface area (Å²) in [6.07, 6.45) is 4.74. The summed E-state index contributed by atoms with van der Waals surface area (Å²) in [5.41, 5.74) is 6.04. The Kier molecular flexibility index (Phi) is 8.28. The lowest BCUT2D eigenvalue weighted by atomic mass is 9.85. The highest BCUT2D eigenvalue weighted by Gasteiger charge is 2.29. The summed E-state index contributed by atoms with van der Waals surface area (Å²) < 4.78 is 0. The van der Waals surface area contributed by atoms with Crippen molar-refractivity contribution < 1.29 is 4.79 Å². The highest BCUT2D eigenvalue weighted by Crippen LogP contribution is 2.30. The molecule has 1 saturated heterocycles. The molecule has 2 fully saturated rings. The minimum atomic E-state index is 0.108. The second-order valence-corrected chi connectivity index (χ2v) is 10.2. The third kappa shape index (κ3) is 6.19. The van der Waals surface area contributed by atoms with Gasteiger partial charge in [0.2, 0.25) is 5.91 Å². The molecule has 0 aromatic heterocycles. The lowest BCUT2D eigenvalue weighted by Crippen LogP contribution is -2.48. The summed E-state index contributed by atoms with van der Waals surface area (Å²) in [6.45, 7) is 12.6. The molecule has 1 saturated carbocycles. The van der Waals surface area contributed by atoms with E-state index < -0.39 is 0 Å². The van der Waals surface area contributed by atoms with Crippen LogP contribution < -0.4 is 15.5 Å². The first-order valence-electron chi connectivity index (χ1n) is 12.9. The SMILES string of the molecule is [CH2]Cc1cccc(NC2CCC(C(=O)N(C)c3ccc(CN4CCN[C@@H](C)C4)c(C)c3)CC2)c1. The van der Waals surface area contributed by atoms with Gasteiger partial charge in [-0.05, 0) is 93.8 Å². The van der Waals surface area contributed by atoms with Crippen LogP contribution in [0.1, 0.15) is 49.3 Å². The number of hydrogen-bond acceptors (Lipinski definition) is 4. The number of anilines is 2. The lowest BCUT2D eigenvalue weighted by molar-refractivity contribution is -0.123. The quantitative estimate of drug-likeness (QED) is 0.622. The molecule has 0 bridgehead atoms. The number of carbonyl (C=O) groups excluding carboxylic acids is 1. The number of hydrogen-bond donors (Lipinski definition) is 2. The van der Waals surface area contributed by atoms with Crippen LogP contribution in [0.5, 0.6) is 0 Å². The number of carbonyl (C=O) groups is 1. The number of aryl methyl sites for hydroxylation is 1. The maximum atomic E-state index is 13.3. The van der Waals surface area contributed by atoms with Gasteiger partial charge in [0.15, 0.2) is 0 Å². The monoisotopic (exact) mass is 461 g/mol. The molecule has 1 amide bonds. The molecular weight excluding hydrogens is 420 g/mol. The summed E-state index contributed by atoms with van der Waals surface area (Å²) in [5.74, 6) is 0.358. The van der Waals surface area contributed by atoms with Gasteiger partial charge in [-0.1, -0.05) is 18.2 Å². The van der Waals surface area contributed by atoms with Crippen LogP contribution in [-0.2, 0) is 17.8 Å². The molecule has 34 heavy (non-hydrogen) atoms. The van der Waals surface area contributed by atoms with Gasteiger partial charge in [0.25, 0.3) is 0 Å². The minimum absolute atomic E-state index is 0.108. The second kappa shape index (κ2) is 11.4. The molecule has 1 heterocycles. The van der Waals surface area contributed by atoms with Gasteiger partial charge in [0.05, 0.1) is 0 Å². The Morgan fingerprint density at radius 3 is 2.68 bits per heavy atom. The number of rotatable bonds is 7. The summed E-state index contributed by atoms with van der Waals surface area (Å²) in [6, 6.07) is 16.0. The highest BCUT2D eigenvalue weighted by molar-refractivity contribution is 5.94. The van der Waals surface area contributed by atoms with Crippen LogP contribution in [0.25, 0.3) is 0 Å². The summed E-state index contributed by atoms with van der Waals surface area (Å²) in [4.78, 5) is 17.7. The van der Waals surface area contributed by atoms with E-state index in [1.54, 1.807) is 0 Å². The molecule has 2 aromatic carbocycles. The highest BCUT2D eigenvalue weighted by atomic mass is 16.2. The van der Waals surface area contributed by atoms with Gasteiger partial charge < -0.3 is 15.5 Å². The minimum Gasteiger partial charge on any atom is -0.382 e. The fourth-order valence-electron chi connectivity index (χ4n) is 5.40. The van der Waals surface area contributed by atoms with Gasteiger partial charge in [0, 0.05) is 62.6 Å². The topological polar surface area (TPSA) is 47.6 Å². The van der Waals surface area contributed by atoms with Crippen LogP contribution in [0.2, 0.25) is 0 Å². The van der Waals surface area contributed by atoms with Crippen molar-refractivity contribution in [3.8, 4) is 0 Å². The Morgan fingerprint density at radius 1 is 1.18 bits per heavy atom. The summed E-state index contributed by atoms with van der Waals surface area (Å²) >= 11 is 0. The molecular formula is C29H41N4O. The fraction of sp³-hybridized carbons (Fsp3) is 0.517. The molecule has 5 heteroatoms. The van der Waals surface area contributed by atoms with E-state index in [9.17, 15) is 4.79 Å². The van der Waals surface area contributed by atoms with Crippen molar-refractivity contribution in [2.45, 2.75) is 64.6 Å². The molecule has 1 atom stereocenters. The maximum Gasteiger partial charge on any atom is 0.229 e. The Hall–Kier alpha value is -2.37. The van der Waals surface area contributed by atoms with Crippen molar-refractivity contribution in [3.05, 3.63) is 66.1 Å². The predicted octanol–water partition coefficient (Wildman–Crippen LogP) is 4.80. The van der Waals surface area contributed by atoms with Gasteiger partial charge in [-0.2, -0.15) is 0 Å². The Morgan fingerprint density at radius 2 is 1.97 bits per heavy atom.